The molecule has 1 saturated heterocycles. The van der Waals surface area contributed by atoms with Crippen molar-refractivity contribution in [2.45, 2.75) is 19.9 Å². The molecule has 2 rings (SSSR count). The lowest BCUT2D eigenvalue weighted by molar-refractivity contribution is 0.501. The fourth-order valence-electron chi connectivity index (χ4n) is 2.23. The molecule has 0 amide bonds. The number of hydrogen-bond acceptors (Lipinski definition) is 3. The molecule has 0 aliphatic carbocycles. The van der Waals surface area contributed by atoms with Crippen LogP contribution in [-0.2, 0) is 0 Å². The summed E-state index contributed by atoms with van der Waals surface area (Å²) in [6.45, 7) is 11.3. The fourth-order valence-corrected chi connectivity index (χ4v) is 2.23. The van der Waals surface area contributed by atoms with Crippen molar-refractivity contribution in [3.05, 3.63) is 36.5 Å². The van der Waals surface area contributed by atoms with E-state index in [1.54, 1.807) is 0 Å². The summed E-state index contributed by atoms with van der Waals surface area (Å²) in [6.07, 6.45) is 0. The minimum Gasteiger partial charge on any atom is -0.366 e. The van der Waals surface area contributed by atoms with Crippen LogP contribution in [0, 0.1) is 0 Å². The highest BCUT2D eigenvalue weighted by Gasteiger charge is 2.18. The molecule has 2 N–H and O–H groups in total. The molecule has 1 aromatic rings. The normalized spacial score (nSPS) is 20.1. The largest absolute Gasteiger partial charge is 0.366 e. The van der Waals surface area contributed by atoms with Gasteiger partial charge in [0.25, 0.3) is 0 Å². The minimum absolute atomic E-state index is 0.545. The Hall–Kier alpha value is -1.48. The molecule has 1 atom stereocenters. The molecule has 1 heterocycles. The number of hydrogen-bond donors (Lipinski definition) is 2. The number of nitrogens with zero attached hydrogens (tertiary/aromatic N) is 1. The van der Waals surface area contributed by atoms with Crippen LogP contribution in [0.25, 0.3) is 0 Å². The van der Waals surface area contributed by atoms with Crippen molar-refractivity contribution in [3.63, 3.8) is 0 Å². The quantitative estimate of drug-likeness (QED) is 0.836. The highest BCUT2D eigenvalue weighted by atomic mass is 15.2. The molecule has 1 aromatic carbocycles. The number of anilines is 2. The van der Waals surface area contributed by atoms with E-state index in [9.17, 15) is 0 Å². The van der Waals surface area contributed by atoms with Gasteiger partial charge in [-0.05, 0) is 32.0 Å². The average molecular weight is 231 g/mol. The summed E-state index contributed by atoms with van der Waals surface area (Å²) in [5.41, 5.74) is 3.36. The summed E-state index contributed by atoms with van der Waals surface area (Å²) in [5.74, 6) is 0. The van der Waals surface area contributed by atoms with Gasteiger partial charge in [-0.15, -0.1) is 0 Å². The van der Waals surface area contributed by atoms with Crippen LogP contribution in [0.3, 0.4) is 0 Å². The van der Waals surface area contributed by atoms with Crippen molar-refractivity contribution in [1.29, 1.82) is 0 Å². The predicted molar refractivity (Wildman–Crippen MR) is 74.6 cm³/mol. The zero-order chi connectivity index (χ0) is 12.3. The zero-order valence-corrected chi connectivity index (χ0v) is 10.7. The van der Waals surface area contributed by atoms with E-state index in [4.69, 9.17) is 0 Å². The van der Waals surface area contributed by atoms with Crippen molar-refractivity contribution in [1.82, 2.24) is 5.32 Å². The van der Waals surface area contributed by atoms with E-state index < -0.39 is 0 Å². The van der Waals surface area contributed by atoms with E-state index in [1.165, 1.54) is 5.69 Å². The van der Waals surface area contributed by atoms with E-state index >= 15 is 0 Å². The lowest BCUT2D eigenvalue weighted by Gasteiger charge is -2.36. The maximum absolute atomic E-state index is 3.87. The first kappa shape index (κ1) is 12.0. The molecule has 0 aromatic heterocycles. The van der Waals surface area contributed by atoms with Gasteiger partial charge in [-0.2, -0.15) is 0 Å². The fraction of sp³-hybridized carbons (Fsp3) is 0.429. The molecule has 0 saturated carbocycles. The van der Waals surface area contributed by atoms with Crippen molar-refractivity contribution >= 4 is 11.4 Å². The van der Waals surface area contributed by atoms with E-state index in [-0.39, 0.29) is 0 Å². The molecule has 0 bridgehead atoms. The molecule has 17 heavy (non-hydrogen) atoms. The second-order valence-electron chi connectivity index (χ2n) is 4.70. The van der Waals surface area contributed by atoms with Crippen LogP contribution in [0.15, 0.2) is 36.5 Å². The monoisotopic (exact) mass is 231 g/mol. The van der Waals surface area contributed by atoms with Crippen LogP contribution in [-0.4, -0.2) is 25.7 Å². The van der Waals surface area contributed by atoms with Gasteiger partial charge in [0, 0.05) is 42.7 Å². The Morgan fingerprint density at radius 3 is 3.06 bits per heavy atom. The van der Waals surface area contributed by atoms with E-state index in [0.29, 0.717) is 6.04 Å². The Balaban J connectivity index is 2.17. The van der Waals surface area contributed by atoms with Gasteiger partial charge in [-0.1, -0.05) is 12.6 Å². The Morgan fingerprint density at radius 2 is 2.35 bits per heavy atom. The summed E-state index contributed by atoms with van der Waals surface area (Å²) in [5, 5.41) is 6.67. The lowest BCUT2D eigenvalue weighted by Crippen LogP contribution is -2.49. The number of allylic oxidation sites excluding steroid dienone is 1. The highest BCUT2D eigenvalue weighted by molar-refractivity contribution is 5.60. The third kappa shape index (κ3) is 3.01. The Kier molecular flexibility index (Phi) is 3.69. The molecule has 1 fully saturated rings. The molecular weight excluding hydrogens is 210 g/mol. The molecule has 0 unspecified atom stereocenters. The van der Waals surface area contributed by atoms with Crippen LogP contribution in [0.5, 0.6) is 0 Å². The third-order valence-electron chi connectivity index (χ3n) is 3.04. The molecule has 3 nitrogen and oxygen atoms in total. The number of rotatable bonds is 3. The van der Waals surface area contributed by atoms with E-state index in [1.807, 2.05) is 6.92 Å². The first-order valence-corrected chi connectivity index (χ1v) is 6.17. The van der Waals surface area contributed by atoms with Crippen molar-refractivity contribution in [3.8, 4) is 0 Å². The summed E-state index contributed by atoms with van der Waals surface area (Å²) in [4.78, 5) is 2.44. The molecular formula is C14H21N3. The van der Waals surface area contributed by atoms with Crippen molar-refractivity contribution in [2.75, 3.05) is 29.9 Å². The number of nitrogens with one attached hydrogen (secondary N) is 2. The molecule has 92 valence electrons. The predicted octanol–water partition coefficient (Wildman–Crippen LogP) is 2.43. The zero-order valence-electron chi connectivity index (χ0n) is 10.7. The number of piperazine rings is 1. The summed E-state index contributed by atoms with van der Waals surface area (Å²) in [6, 6.07) is 9.08. The molecule has 1 aliphatic rings. The lowest BCUT2D eigenvalue weighted by atomic mass is 10.1. The Labute approximate surface area is 104 Å². The van der Waals surface area contributed by atoms with Crippen molar-refractivity contribution < 1.29 is 0 Å². The second kappa shape index (κ2) is 5.23. The third-order valence-corrected chi connectivity index (χ3v) is 3.04. The minimum atomic E-state index is 0.545. The maximum Gasteiger partial charge on any atom is 0.0402 e. The van der Waals surface area contributed by atoms with Gasteiger partial charge in [-0.25, -0.2) is 0 Å². The van der Waals surface area contributed by atoms with Crippen molar-refractivity contribution in [2.24, 2.45) is 0 Å². The average Bonchev–Trinajstić information content (AvgIpc) is 2.29. The van der Waals surface area contributed by atoms with Crippen LogP contribution in [0.1, 0.15) is 13.8 Å². The second-order valence-corrected chi connectivity index (χ2v) is 4.70. The standard InChI is InChI=1S/C14H21N3/c1-11(2)16-13-5-4-6-14(9-13)17-8-7-15-10-12(17)3/h4-6,9,12,15-16H,1,7-8,10H2,2-3H3/t12-/m1/s1. The van der Waals surface area contributed by atoms with Gasteiger partial charge in [-0.3, -0.25) is 0 Å². The molecule has 3 heteroatoms. The Bertz CT molecular complexity index is 400. The first-order valence-electron chi connectivity index (χ1n) is 6.17. The maximum atomic E-state index is 3.87. The van der Waals surface area contributed by atoms with Gasteiger partial charge < -0.3 is 15.5 Å². The summed E-state index contributed by atoms with van der Waals surface area (Å²) in [7, 11) is 0. The molecule has 1 aliphatic heterocycles. The molecule has 0 spiro atoms. The summed E-state index contributed by atoms with van der Waals surface area (Å²) < 4.78 is 0. The summed E-state index contributed by atoms with van der Waals surface area (Å²) >= 11 is 0. The number of benzene rings is 1. The van der Waals surface area contributed by atoms with Gasteiger partial charge in [0.1, 0.15) is 0 Å². The van der Waals surface area contributed by atoms with Gasteiger partial charge in [0.2, 0.25) is 0 Å². The Morgan fingerprint density at radius 1 is 1.53 bits per heavy atom. The van der Waals surface area contributed by atoms with Crippen LogP contribution in [0.2, 0.25) is 0 Å². The smallest absolute Gasteiger partial charge is 0.0402 e. The first-order chi connectivity index (χ1) is 8.16. The molecule has 0 radical (unpaired) electrons. The van der Waals surface area contributed by atoms with Crippen LogP contribution in [0.4, 0.5) is 11.4 Å². The van der Waals surface area contributed by atoms with Crippen LogP contribution < -0.4 is 15.5 Å². The van der Waals surface area contributed by atoms with Gasteiger partial charge in [0.05, 0.1) is 0 Å². The van der Waals surface area contributed by atoms with E-state index in [0.717, 1.165) is 31.0 Å². The topological polar surface area (TPSA) is 27.3 Å². The van der Waals surface area contributed by atoms with Gasteiger partial charge in [0.15, 0.2) is 0 Å². The van der Waals surface area contributed by atoms with E-state index in [2.05, 4.69) is 53.3 Å². The highest BCUT2D eigenvalue weighted by Crippen LogP contribution is 2.22. The van der Waals surface area contributed by atoms with Gasteiger partial charge >= 0.3 is 0 Å². The van der Waals surface area contributed by atoms with Crippen LogP contribution >= 0.6 is 0 Å². The SMILES string of the molecule is C=C(C)Nc1cccc(N2CCNC[C@H]2C)c1.